The summed E-state index contributed by atoms with van der Waals surface area (Å²) in [6, 6.07) is 30.9. The van der Waals surface area contributed by atoms with E-state index in [9.17, 15) is 4.79 Å². The molecule has 0 bridgehead atoms. The molecule has 0 spiro atoms. The minimum absolute atomic E-state index is 0.188. The summed E-state index contributed by atoms with van der Waals surface area (Å²) >= 11 is 0. The second-order valence-electron chi connectivity index (χ2n) is 10.9. The minimum atomic E-state index is -0.752. The molecule has 0 fully saturated rings. The summed E-state index contributed by atoms with van der Waals surface area (Å²) in [7, 11) is 0. The maximum Gasteiger partial charge on any atom is 0.305 e. The third-order valence-electron chi connectivity index (χ3n) is 7.26. The summed E-state index contributed by atoms with van der Waals surface area (Å²) in [4.78, 5) is 11.2. The molecule has 49 heavy (non-hydrogen) atoms. The predicted octanol–water partition coefficient (Wildman–Crippen LogP) is 5.45. The molecule has 3 aromatic carbocycles. The molecule has 10 nitrogen and oxygen atoms in total. The van der Waals surface area contributed by atoms with Crippen molar-refractivity contribution in [2.24, 2.45) is 0 Å². The van der Waals surface area contributed by atoms with Gasteiger partial charge in [-0.15, -0.1) is 0 Å². The number of esters is 1. The molecule has 0 radical (unpaired) electrons. The lowest BCUT2D eigenvalue weighted by Gasteiger charge is -2.36. The Morgan fingerprint density at radius 2 is 0.714 bits per heavy atom. The zero-order valence-corrected chi connectivity index (χ0v) is 29.0. The molecular weight excluding hydrogens is 628 g/mol. The van der Waals surface area contributed by atoms with E-state index >= 15 is 0 Å². The SMILES string of the molecule is CCCC(=O)OCCOCCOCCOCCOCCOCCOCCOCCOC(c1ccccc1)(c1ccccc1)c1ccccc1. The van der Waals surface area contributed by atoms with Crippen molar-refractivity contribution in [2.75, 3.05) is 106 Å². The Labute approximate surface area is 291 Å². The van der Waals surface area contributed by atoms with Crippen LogP contribution in [0, 0.1) is 0 Å². The molecule has 0 aliphatic carbocycles. The molecule has 270 valence electrons. The zero-order valence-electron chi connectivity index (χ0n) is 29.0. The second kappa shape index (κ2) is 26.6. The van der Waals surface area contributed by atoms with Gasteiger partial charge in [-0.3, -0.25) is 4.79 Å². The monoisotopic (exact) mass is 682 g/mol. The Morgan fingerprint density at radius 1 is 0.429 bits per heavy atom. The summed E-state index contributed by atoms with van der Waals surface area (Å²) in [5.41, 5.74) is 2.44. The Morgan fingerprint density at radius 3 is 1.02 bits per heavy atom. The van der Waals surface area contributed by atoms with Gasteiger partial charge in [0.15, 0.2) is 0 Å². The molecule has 0 aliphatic heterocycles. The first-order chi connectivity index (χ1) is 24.3. The molecule has 0 saturated carbocycles. The van der Waals surface area contributed by atoms with Crippen LogP contribution in [0.25, 0.3) is 0 Å². The molecule has 0 aliphatic rings. The first kappa shape index (κ1) is 40.2. The first-order valence-electron chi connectivity index (χ1n) is 17.3. The van der Waals surface area contributed by atoms with Crippen LogP contribution in [0.3, 0.4) is 0 Å². The molecule has 0 saturated heterocycles. The van der Waals surface area contributed by atoms with Gasteiger partial charge < -0.3 is 42.6 Å². The van der Waals surface area contributed by atoms with Crippen LogP contribution < -0.4 is 0 Å². The van der Waals surface area contributed by atoms with Gasteiger partial charge in [0.1, 0.15) is 12.2 Å². The average molecular weight is 683 g/mol. The largest absolute Gasteiger partial charge is 0.463 e. The normalized spacial score (nSPS) is 11.5. The van der Waals surface area contributed by atoms with E-state index in [4.69, 9.17) is 42.6 Å². The highest BCUT2D eigenvalue weighted by Gasteiger charge is 2.37. The van der Waals surface area contributed by atoms with Crippen LogP contribution in [0.15, 0.2) is 91.0 Å². The van der Waals surface area contributed by atoms with E-state index in [-0.39, 0.29) is 12.6 Å². The van der Waals surface area contributed by atoms with Gasteiger partial charge in [0, 0.05) is 6.42 Å². The Bertz CT molecular complexity index is 1100. The summed E-state index contributed by atoms with van der Waals surface area (Å²) < 4.78 is 50.6. The van der Waals surface area contributed by atoms with Gasteiger partial charge in [-0.05, 0) is 23.1 Å². The van der Waals surface area contributed by atoms with E-state index in [1.807, 2.05) is 61.5 Å². The van der Waals surface area contributed by atoms with E-state index in [0.717, 1.165) is 23.1 Å². The maximum atomic E-state index is 11.2. The van der Waals surface area contributed by atoms with E-state index in [2.05, 4.69) is 36.4 Å². The van der Waals surface area contributed by atoms with E-state index in [1.165, 1.54) is 0 Å². The number of benzene rings is 3. The fourth-order valence-corrected chi connectivity index (χ4v) is 4.93. The lowest BCUT2D eigenvalue weighted by atomic mass is 9.80. The molecule has 0 aromatic heterocycles. The van der Waals surface area contributed by atoms with Crippen molar-refractivity contribution >= 4 is 5.97 Å². The molecule has 0 N–H and O–H groups in total. The molecule has 0 heterocycles. The van der Waals surface area contributed by atoms with Crippen molar-refractivity contribution < 1.29 is 47.4 Å². The number of carbonyl (C=O) groups excluding carboxylic acids is 1. The quantitative estimate of drug-likeness (QED) is 0.0513. The molecule has 0 amide bonds. The van der Waals surface area contributed by atoms with Crippen molar-refractivity contribution in [3.8, 4) is 0 Å². The highest BCUT2D eigenvalue weighted by atomic mass is 16.6. The van der Waals surface area contributed by atoms with Crippen LogP contribution in [0.1, 0.15) is 36.5 Å². The molecule has 3 aromatic rings. The fraction of sp³-hybridized carbons (Fsp3) is 0.513. The van der Waals surface area contributed by atoms with Gasteiger partial charge in [-0.25, -0.2) is 0 Å². The molecular formula is C39H54O10. The summed E-state index contributed by atoms with van der Waals surface area (Å²) in [6.45, 7) is 9.20. The van der Waals surface area contributed by atoms with Crippen molar-refractivity contribution in [3.63, 3.8) is 0 Å². The van der Waals surface area contributed by atoms with Gasteiger partial charge in [-0.1, -0.05) is 97.9 Å². The van der Waals surface area contributed by atoms with Gasteiger partial charge in [0.2, 0.25) is 0 Å². The molecule has 0 unspecified atom stereocenters. The number of hydrogen-bond donors (Lipinski definition) is 0. The van der Waals surface area contributed by atoms with E-state index < -0.39 is 5.60 Å². The van der Waals surface area contributed by atoms with Crippen molar-refractivity contribution in [1.29, 1.82) is 0 Å². The van der Waals surface area contributed by atoms with Crippen LogP contribution in [0.5, 0.6) is 0 Å². The van der Waals surface area contributed by atoms with Gasteiger partial charge in [0.05, 0.1) is 99.1 Å². The summed E-state index contributed by atoms with van der Waals surface area (Å²) in [5.74, 6) is -0.188. The van der Waals surface area contributed by atoms with Gasteiger partial charge in [-0.2, -0.15) is 0 Å². The third kappa shape index (κ3) is 16.4. The summed E-state index contributed by atoms with van der Waals surface area (Å²) in [5, 5.41) is 0. The first-order valence-corrected chi connectivity index (χ1v) is 17.3. The van der Waals surface area contributed by atoms with Crippen LogP contribution in [-0.2, 0) is 53.0 Å². The summed E-state index contributed by atoms with van der Waals surface area (Å²) in [6.07, 6.45) is 1.23. The van der Waals surface area contributed by atoms with Crippen LogP contribution >= 0.6 is 0 Å². The van der Waals surface area contributed by atoms with Crippen molar-refractivity contribution in [3.05, 3.63) is 108 Å². The van der Waals surface area contributed by atoms with Gasteiger partial charge in [0.25, 0.3) is 0 Å². The second-order valence-corrected chi connectivity index (χ2v) is 10.9. The molecule has 10 heteroatoms. The average Bonchev–Trinajstić information content (AvgIpc) is 3.14. The number of hydrogen-bond acceptors (Lipinski definition) is 10. The lowest BCUT2D eigenvalue weighted by molar-refractivity contribution is -0.145. The topological polar surface area (TPSA) is 100 Å². The Balaban J connectivity index is 1.13. The van der Waals surface area contributed by atoms with Crippen LogP contribution in [-0.4, -0.2) is 112 Å². The number of ether oxygens (including phenoxy) is 9. The number of rotatable bonds is 30. The zero-order chi connectivity index (χ0) is 34.5. The predicted molar refractivity (Wildman–Crippen MR) is 187 cm³/mol. The fourth-order valence-electron chi connectivity index (χ4n) is 4.93. The third-order valence-corrected chi connectivity index (χ3v) is 7.26. The van der Waals surface area contributed by atoms with Crippen LogP contribution in [0.4, 0.5) is 0 Å². The maximum absolute atomic E-state index is 11.2. The van der Waals surface area contributed by atoms with Crippen molar-refractivity contribution in [2.45, 2.75) is 25.4 Å². The Hall–Kier alpha value is -3.19. The molecule has 0 atom stereocenters. The van der Waals surface area contributed by atoms with Gasteiger partial charge >= 0.3 is 5.97 Å². The Kier molecular flexibility index (Phi) is 21.9. The standard InChI is InChI=1S/C39H54O10/c1-2-12-38(40)48-33-31-46-29-27-44-25-23-42-21-19-41-20-22-43-24-26-45-28-30-47-32-34-49-39(35-13-6-3-7-14-35,36-15-8-4-9-16-36)37-17-10-5-11-18-37/h3-11,13-18H,2,12,19-34H2,1H3. The highest BCUT2D eigenvalue weighted by Crippen LogP contribution is 2.40. The smallest absolute Gasteiger partial charge is 0.305 e. The highest BCUT2D eigenvalue weighted by molar-refractivity contribution is 5.69. The minimum Gasteiger partial charge on any atom is -0.463 e. The lowest BCUT2D eigenvalue weighted by Crippen LogP contribution is -2.34. The number of carbonyl (C=O) groups is 1. The molecule has 3 rings (SSSR count). The van der Waals surface area contributed by atoms with Crippen LogP contribution in [0.2, 0.25) is 0 Å². The van der Waals surface area contributed by atoms with E-state index in [1.54, 1.807) is 0 Å². The van der Waals surface area contributed by atoms with Crippen molar-refractivity contribution in [1.82, 2.24) is 0 Å². The van der Waals surface area contributed by atoms with E-state index in [0.29, 0.717) is 106 Å².